The Kier molecular flexibility index (Phi) is 4.47. The number of para-hydroxylation sites is 1. The van der Waals surface area contributed by atoms with Crippen molar-refractivity contribution in [2.75, 3.05) is 0 Å². The second-order valence-corrected chi connectivity index (χ2v) is 8.91. The summed E-state index contributed by atoms with van der Waals surface area (Å²) in [5.41, 5.74) is 7.52. The van der Waals surface area contributed by atoms with Crippen LogP contribution in [-0.4, -0.2) is 34.3 Å². The number of fused-ring (bicyclic) bond motifs is 4. The predicted octanol–water partition coefficient (Wildman–Crippen LogP) is 5.27. The Balaban J connectivity index is 1.50. The van der Waals surface area contributed by atoms with Crippen molar-refractivity contribution >= 4 is 5.65 Å². The van der Waals surface area contributed by atoms with Gasteiger partial charge in [-0.2, -0.15) is 5.10 Å². The molecule has 7 rings (SSSR count). The molecule has 8 heteroatoms. The minimum atomic E-state index is -0.177. The van der Waals surface area contributed by atoms with E-state index in [1.165, 1.54) is 5.56 Å². The van der Waals surface area contributed by atoms with Gasteiger partial charge in [-0.15, -0.1) is 5.10 Å². The predicted molar refractivity (Wildman–Crippen MR) is 135 cm³/mol. The minimum Gasteiger partial charge on any atom is -0.420 e. The van der Waals surface area contributed by atoms with Crippen LogP contribution in [0.5, 0.6) is 11.8 Å². The highest BCUT2D eigenvalue weighted by Crippen LogP contribution is 2.49. The number of aryl methyl sites for hydroxylation is 2. The van der Waals surface area contributed by atoms with Crippen molar-refractivity contribution in [2.24, 2.45) is 0 Å². The Morgan fingerprint density at radius 2 is 1.69 bits per heavy atom. The van der Waals surface area contributed by atoms with E-state index < -0.39 is 0 Å². The van der Waals surface area contributed by atoms with Crippen molar-refractivity contribution in [1.29, 1.82) is 0 Å². The van der Waals surface area contributed by atoms with E-state index in [1.54, 1.807) is 23.2 Å². The standard InChI is InChI=1S/C28H21N7O/c1-17-10-12-19(13-11-17)23-22-18(2)32-35(21-8-4-3-5-9-21)28(22)36-27-24(23)26-31-25(33-34(26)16-30-27)20-7-6-14-29-15-20/h3-16,23H,1-2H3/t23-/m1/s1. The summed E-state index contributed by atoms with van der Waals surface area (Å²) in [4.78, 5) is 13.8. The third kappa shape index (κ3) is 3.11. The molecule has 1 atom stereocenters. The first kappa shape index (κ1) is 20.5. The second kappa shape index (κ2) is 7.84. The first-order chi connectivity index (χ1) is 17.7. The molecular formula is C28H21N7O. The smallest absolute Gasteiger partial charge is 0.230 e. The maximum atomic E-state index is 6.48. The van der Waals surface area contributed by atoms with Gasteiger partial charge in [-0.05, 0) is 43.7 Å². The summed E-state index contributed by atoms with van der Waals surface area (Å²) in [6, 6.07) is 22.4. The normalized spacial score (nSPS) is 14.3. The molecule has 174 valence electrons. The molecule has 0 fully saturated rings. The lowest BCUT2D eigenvalue weighted by Crippen LogP contribution is -2.16. The largest absolute Gasteiger partial charge is 0.420 e. The van der Waals surface area contributed by atoms with Crippen molar-refractivity contribution in [3.63, 3.8) is 0 Å². The topological polar surface area (TPSA) is 83.0 Å². The molecule has 8 nitrogen and oxygen atoms in total. The number of rotatable bonds is 3. The Labute approximate surface area is 206 Å². The average molecular weight is 472 g/mol. The van der Waals surface area contributed by atoms with Crippen LogP contribution in [0.4, 0.5) is 0 Å². The summed E-state index contributed by atoms with van der Waals surface area (Å²) in [5.74, 6) is 1.58. The first-order valence-corrected chi connectivity index (χ1v) is 11.7. The highest BCUT2D eigenvalue weighted by molar-refractivity contribution is 5.68. The molecule has 1 aliphatic rings. The monoisotopic (exact) mass is 471 g/mol. The van der Waals surface area contributed by atoms with Crippen LogP contribution in [0.1, 0.15) is 33.9 Å². The Bertz CT molecular complexity index is 1720. The molecule has 2 aromatic carbocycles. The van der Waals surface area contributed by atoms with Crippen molar-refractivity contribution in [1.82, 2.24) is 34.3 Å². The van der Waals surface area contributed by atoms with E-state index in [0.29, 0.717) is 23.2 Å². The maximum absolute atomic E-state index is 6.48. The molecule has 0 aliphatic carbocycles. The molecule has 0 bridgehead atoms. The molecular weight excluding hydrogens is 450 g/mol. The third-order valence-corrected chi connectivity index (χ3v) is 6.55. The zero-order chi connectivity index (χ0) is 24.2. The molecule has 6 aromatic rings. The van der Waals surface area contributed by atoms with Gasteiger partial charge in [-0.25, -0.2) is 19.2 Å². The summed E-state index contributed by atoms with van der Waals surface area (Å²) in [6.07, 6.45) is 5.14. The van der Waals surface area contributed by atoms with Gasteiger partial charge in [-0.3, -0.25) is 4.98 Å². The van der Waals surface area contributed by atoms with Gasteiger partial charge in [0.25, 0.3) is 0 Å². The maximum Gasteiger partial charge on any atom is 0.230 e. The second-order valence-electron chi connectivity index (χ2n) is 8.91. The molecule has 1 aliphatic heterocycles. The van der Waals surface area contributed by atoms with Gasteiger partial charge in [0.2, 0.25) is 11.8 Å². The van der Waals surface area contributed by atoms with Gasteiger partial charge in [0, 0.05) is 18.0 Å². The van der Waals surface area contributed by atoms with Crippen molar-refractivity contribution in [3.8, 4) is 28.8 Å². The average Bonchev–Trinajstić information content (AvgIpc) is 3.50. The fourth-order valence-electron chi connectivity index (χ4n) is 4.83. The molecule has 5 heterocycles. The number of hydrogen-bond acceptors (Lipinski definition) is 6. The molecule has 0 radical (unpaired) electrons. The Morgan fingerprint density at radius 3 is 2.47 bits per heavy atom. The highest BCUT2D eigenvalue weighted by atomic mass is 16.5. The first-order valence-electron chi connectivity index (χ1n) is 11.7. The van der Waals surface area contributed by atoms with Gasteiger partial charge in [0.05, 0.1) is 28.4 Å². The van der Waals surface area contributed by atoms with Crippen LogP contribution < -0.4 is 4.74 Å². The molecule has 0 saturated carbocycles. The molecule has 0 amide bonds. The zero-order valence-electron chi connectivity index (χ0n) is 19.7. The Morgan fingerprint density at radius 1 is 0.861 bits per heavy atom. The van der Waals surface area contributed by atoms with E-state index in [0.717, 1.165) is 33.6 Å². The van der Waals surface area contributed by atoms with Gasteiger partial charge in [0.15, 0.2) is 11.5 Å². The van der Waals surface area contributed by atoms with E-state index in [-0.39, 0.29) is 5.92 Å². The molecule has 36 heavy (non-hydrogen) atoms. The quantitative estimate of drug-likeness (QED) is 0.349. The summed E-state index contributed by atoms with van der Waals surface area (Å²) < 4.78 is 10.0. The number of hydrogen-bond donors (Lipinski definition) is 0. The molecule has 0 unspecified atom stereocenters. The van der Waals surface area contributed by atoms with Gasteiger partial charge >= 0.3 is 0 Å². The SMILES string of the molecule is Cc1ccc([C@@H]2c3c(C)nn(-c4ccccc4)c3Oc3ncn4nc(-c5cccnc5)nc4c32)cc1. The number of nitrogens with zero attached hydrogens (tertiary/aromatic N) is 7. The number of ether oxygens (including phenoxy) is 1. The van der Waals surface area contributed by atoms with E-state index in [4.69, 9.17) is 19.9 Å². The zero-order valence-corrected chi connectivity index (χ0v) is 19.7. The number of aromatic nitrogens is 7. The van der Waals surface area contributed by atoms with Crippen LogP contribution in [-0.2, 0) is 0 Å². The summed E-state index contributed by atoms with van der Waals surface area (Å²) >= 11 is 0. The van der Waals surface area contributed by atoms with Crippen LogP contribution in [0.2, 0.25) is 0 Å². The third-order valence-electron chi connectivity index (χ3n) is 6.55. The highest BCUT2D eigenvalue weighted by Gasteiger charge is 2.38. The molecule has 0 saturated heterocycles. The van der Waals surface area contributed by atoms with Crippen LogP contribution in [0.15, 0.2) is 85.5 Å². The van der Waals surface area contributed by atoms with E-state index in [1.807, 2.05) is 54.1 Å². The van der Waals surface area contributed by atoms with Crippen molar-refractivity contribution in [3.05, 3.63) is 113 Å². The van der Waals surface area contributed by atoms with Gasteiger partial charge < -0.3 is 4.74 Å². The number of pyridine rings is 1. The number of benzene rings is 2. The van der Waals surface area contributed by atoms with Crippen molar-refractivity contribution in [2.45, 2.75) is 19.8 Å². The summed E-state index contributed by atoms with van der Waals surface area (Å²) in [5, 5.41) is 9.58. The lowest BCUT2D eigenvalue weighted by Gasteiger charge is -2.26. The minimum absolute atomic E-state index is 0.177. The van der Waals surface area contributed by atoms with Crippen LogP contribution >= 0.6 is 0 Å². The van der Waals surface area contributed by atoms with Crippen LogP contribution in [0, 0.1) is 13.8 Å². The van der Waals surface area contributed by atoms with Crippen LogP contribution in [0.3, 0.4) is 0 Å². The molecule has 0 N–H and O–H groups in total. The van der Waals surface area contributed by atoms with Gasteiger partial charge in [-0.1, -0.05) is 48.0 Å². The van der Waals surface area contributed by atoms with Crippen LogP contribution in [0.25, 0.3) is 22.7 Å². The lowest BCUT2D eigenvalue weighted by atomic mass is 9.84. The van der Waals surface area contributed by atoms with E-state index in [2.05, 4.69) is 41.2 Å². The lowest BCUT2D eigenvalue weighted by molar-refractivity contribution is 0.402. The van der Waals surface area contributed by atoms with Crippen molar-refractivity contribution < 1.29 is 4.74 Å². The summed E-state index contributed by atoms with van der Waals surface area (Å²) in [7, 11) is 0. The van der Waals surface area contributed by atoms with E-state index in [9.17, 15) is 0 Å². The fraction of sp³-hybridized carbons (Fsp3) is 0.107. The van der Waals surface area contributed by atoms with E-state index >= 15 is 0 Å². The molecule has 0 spiro atoms. The fourth-order valence-corrected chi connectivity index (χ4v) is 4.83. The molecule has 4 aromatic heterocycles. The van der Waals surface area contributed by atoms with Gasteiger partial charge in [0.1, 0.15) is 6.33 Å². The summed E-state index contributed by atoms with van der Waals surface area (Å²) in [6.45, 7) is 4.11. The Hall–Kier alpha value is -4.85.